The molecule has 1 heterocycles. The summed E-state index contributed by atoms with van der Waals surface area (Å²) in [5.74, 6) is 1.35. The first-order valence-corrected chi connectivity index (χ1v) is 6.55. The van der Waals surface area contributed by atoms with Crippen molar-refractivity contribution in [1.29, 1.82) is 0 Å². The standard InChI is InChI=1S/C14H20N2O3.ClH/c1-18-12-4-6-13(7-5-12)19-10-14(17)16-11-3-2-8-15-9-11;/h4-7,11,15H,2-3,8-10H2,1H3,(H,16,17);1H/t11-;/m0./s1. The van der Waals surface area contributed by atoms with Crippen molar-refractivity contribution in [2.75, 3.05) is 26.8 Å². The van der Waals surface area contributed by atoms with Gasteiger partial charge in [-0.05, 0) is 43.7 Å². The first-order chi connectivity index (χ1) is 9.28. The maximum Gasteiger partial charge on any atom is 0.258 e. The summed E-state index contributed by atoms with van der Waals surface area (Å²) in [5.41, 5.74) is 0. The smallest absolute Gasteiger partial charge is 0.258 e. The molecular weight excluding hydrogens is 280 g/mol. The molecule has 112 valence electrons. The average Bonchev–Trinajstić information content (AvgIpc) is 2.47. The Morgan fingerprint density at radius 1 is 1.35 bits per heavy atom. The predicted octanol–water partition coefficient (Wildman–Crippen LogP) is 1.36. The van der Waals surface area contributed by atoms with Gasteiger partial charge in [0.1, 0.15) is 11.5 Å². The quantitative estimate of drug-likeness (QED) is 0.862. The normalized spacial score (nSPS) is 17.8. The molecule has 2 N–H and O–H groups in total. The number of amides is 1. The Balaban J connectivity index is 0.00000200. The van der Waals surface area contributed by atoms with E-state index in [1.807, 2.05) is 0 Å². The van der Waals surface area contributed by atoms with Crippen LogP contribution in [-0.2, 0) is 4.79 Å². The molecule has 0 aromatic heterocycles. The molecule has 1 atom stereocenters. The van der Waals surface area contributed by atoms with Crippen LogP contribution in [0.1, 0.15) is 12.8 Å². The first-order valence-electron chi connectivity index (χ1n) is 6.55. The van der Waals surface area contributed by atoms with E-state index < -0.39 is 0 Å². The molecular formula is C14H21ClN2O3. The highest BCUT2D eigenvalue weighted by Gasteiger charge is 2.15. The lowest BCUT2D eigenvalue weighted by Crippen LogP contribution is -2.46. The molecule has 0 radical (unpaired) electrons. The second kappa shape index (κ2) is 8.66. The summed E-state index contributed by atoms with van der Waals surface area (Å²) < 4.78 is 10.5. The summed E-state index contributed by atoms with van der Waals surface area (Å²) in [4.78, 5) is 11.7. The Morgan fingerprint density at radius 3 is 2.65 bits per heavy atom. The van der Waals surface area contributed by atoms with Crippen molar-refractivity contribution in [3.05, 3.63) is 24.3 Å². The molecule has 0 aliphatic carbocycles. The third kappa shape index (κ3) is 5.27. The van der Waals surface area contributed by atoms with Crippen LogP contribution in [0.4, 0.5) is 0 Å². The maximum atomic E-state index is 11.7. The number of rotatable bonds is 5. The lowest BCUT2D eigenvalue weighted by molar-refractivity contribution is -0.123. The van der Waals surface area contributed by atoms with Gasteiger partial charge in [-0.3, -0.25) is 4.79 Å². The summed E-state index contributed by atoms with van der Waals surface area (Å²) in [6, 6.07) is 7.40. The number of nitrogens with one attached hydrogen (secondary N) is 2. The van der Waals surface area contributed by atoms with Crippen molar-refractivity contribution in [1.82, 2.24) is 10.6 Å². The number of hydrogen-bond donors (Lipinski definition) is 2. The van der Waals surface area contributed by atoms with E-state index in [2.05, 4.69) is 10.6 Å². The SMILES string of the molecule is COc1ccc(OCC(=O)N[C@H]2CCCNC2)cc1.Cl. The molecule has 1 amide bonds. The summed E-state index contributed by atoms with van der Waals surface area (Å²) in [5, 5.41) is 6.22. The molecule has 6 heteroatoms. The van der Waals surface area contributed by atoms with Crippen LogP contribution in [0, 0.1) is 0 Å². The zero-order valence-electron chi connectivity index (χ0n) is 11.6. The molecule has 0 unspecified atom stereocenters. The Morgan fingerprint density at radius 2 is 2.05 bits per heavy atom. The molecule has 1 aliphatic heterocycles. The Bertz CT molecular complexity index is 405. The number of benzene rings is 1. The highest BCUT2D eigenvalue weighted by atomic mass is 35.5. The zero-order valence-corrected chi connectivity index (χ0v) is 12.4. The fourth-order valence-electron chi connectivity index (χ4n) is 2.07. The molecule has 2 rings (SSSR count). The van der Waals surface area contributed by atoms with E-state index in [0.717, 1.165) is 31.7 Å². The highest BCUT2D eigenvalue weighted by Crippen LogP contribution is 2.16. The van der Waals surface area contributed by atoms with Crippen LogP contribution < -0.4 is 20.1 Å². The van der Waals surface area contributed by atoms with E-state index in [-0.39, 0.29) is 31.0 Å². The number of carbonyl (C=O) groups is 1. The van der Waals surface area contributed by atoms with Crippen LogP contribution in [0.25, 0.3) is 0 Å². The van der Waals surface area contributed by atoms with Gasteiger partial charge in [0.25, 0.3) is 5.91 Å². The van der Waals surface area contributed by atoms with E-state index in [9.17, 15) is 4.79 Å². The van der Waals surface area contributed by atoms with Crippen molar-refractivity contribution in [3.8, 4) is 11.5 Å². The molecule has 1 aromatic rings. The number of methoxy groups -OCH3 is 1. The molecule has 20 heavy (non-hydrogen) atoms. The molecule has 1 fully saturated rings. The van der Waals surface area contributed by atoms with Gasteiger partial charge in [0.2, 0.25) is 0 Å². The molecule has 1 saturated heterocycles. The van der Waals surface area contributed by atoms with Crippen molar-refractivity contribution in [2.45, 2.75) is 18.9 Å². The van der Waals surface area contributed by atoms with Gasteiger partial charge in [0, 0.05) is 12.6 Å². The summed E-state index contributed by atoms with van der Waals surface area (Å²) in [6.45, 7) is 1.92. The van der Waals surface area contributed by atoms with E-state index in [1.54, 1.807) is 31.4 Å². The molecule has 5 nitrogen and oxygen atoms in total. The number of ether oxygens (including phenoxy) is 2. The van der Waals surface area contributed by atoms with Crippen molar-refractivity contribution in [2.24, 2.45) is 0 Å². The summed E-state index contributed by atoms with van der Waals surface area (Å²) in [7, 11) is 1.61. The van der Waals surface area contributed by atoms with Gasteiger partial charge in [0.15, 0.2) is 6.61 Å². The Kier molecular flexibility index (Phi) is 7.18. The Labute approximate surface area is 125 Å². The van der Waals surface area contributed by atoms with E-state index in [4.69, 9.17) is 9.47 Å². The maximum absolute atomic E-state index is 11.7. The third-order valence-corrected chi connectivity index (χ3v) is 3.09. The monoisotopic (exact) mass is 300 g/mol. The van der Waals surface area contributed by atoms with Gasteiger partial charge in [-0.1, -0.05) is 0 Å². The molecule has 0 bridgehead atoms. The number of carbonyl (C=O) groups excluding carboxylic acids is 1. The van der Waals surface area contributed by atoms with Gasteiger partial charge in [-0.25, -0.2) is 0 Å². The largest absolute Gasteiger partial charge is 0.497 e. The van der Waals surface area contributed by atoms with Crippen LogP contribution in [-0.4, -0.2) is 38.8 Å². The lowest BCUT2D eigenvalue weighted by atomic mass is 10.1. The number of piperidine rings is 1. The molecule has 0 saturated carbocycles. The minimum absolute atomic E-state index is 0. The predicted molar refractivity (Wildman–Crippen MR) is 79.8 cm³/mol. The van der Waals surface area contributed by atoms with Crippen LogP contribution in [0.3, 0.4) is 0 Å². The number of halogens is 1. The molecule has 1 aromatic carbocycles. The van der Waals surface area contributed by atoms with Gasteiger partial charge in [0.05, 0.1) is 7.11 Å². The van der Waals surface area contributed by atoms with Crippen LogP contribution in [0.5, 0.6) is 11.5 Å². The minimum atomic E-state index is -0.0791. The van der Waals surface area contributed by atoms with Crippen molar-refractivity contribution < 1.29 is 14.3 Å². The van der Waals surface area contributed by atoms with E-state index in [1.165, 1.54) is 0 Å². The second-order valence-corrected chi connectivity index (χ2v) is 4.57. The van der Waals surface area contributed by atoms with Crippen LogP contribution in [0.15, 0.2) is 24.3 Å². The second-order valence-electron chi connectivity index (χ2n) is 4.57. The molecule has 1 aliphatic rings. The summed E-state index contributed by atoms with van der Waals surface area (Å²) >= 11 is 0. The topological polar surface area (TPSA) is 59.6 Å². The minimum Gasteiger partial charge on any atom is -0.497 e. The van der Waals surface area contributed by atoms with E-state index in [0.29, 0.717) is 5.75 Å². The van der Waals surface area contributed by atoms with Crippen LogP contribution in [0.2, 0.25) is 0 Å². The number of hydrogen-bond acceptors (Lipinski definition) is 4. The third-order valence-electron chi connectivity index (χ3n) is 3.09. The fourth-order valence-corrected chi connectivity index (χ4v) is 2.07. The highest BCUT2D eigenvalue weighted by molar-refractivity contribution is 5.85. The average molecular weight is 301 g/mol. The van der Waals surface area contributed by atoms with Gasteiger partial charge < -0.3 is 20.1 Å². The van der Waals surface area contributed by atoms with Gasteiger partial charge in [-0.15, -0.1) is 12.4 Å². The lowest BCUT2D eigenvalue weighted by Gasteiger charge is -2.23. The summed E-state index contributed by atoms with van der Waals surface area (Å²) in [6.07, 6.45) is 2.13. The van der Waals surface area contributed by atoms with Crippen molar-refractivity contribution >= 4 is 18.3 Å². The van der Waals surface area contributed by atoms with E-state index >= 15 is 0 Å². The fraction of sp³-hybridized carbons (Fsp3) is 0.500. The van der Waals surface area contributed by atoms with Gasteiger partial charge in [-0.2, -0.15) is 0 Å². The van der Waals surface area contributed by atoms with Crippen LogP contribution >= 0.6 is 12.4 Å². The first kappa shape index (κ1) is 16.6. The Hall–Kier alpha value is -1.46. The van der Waals surface area contributed by atoms with Gasteiger partial charge >= 0.3 is 0 Å². The zero-order chi connectivity index (χ0) is 13.5. The van der Waals surface area contributed by atoms with Crippen molar-refractivity contribution in [3.63, 3.8) is 0 Å². The molecule has 0 spiro atoms.